The molecule has 2 nitrogen and oxygen atoms in total. The first-order chi connectivity index (χ1) is 8.18. The van der Waals surface area contributed by atoms with Gasteiger partial charge in [0.1, 0.15) is 0 Å². The predicted octanol–water partition coefficient (Wildman–Crippen LogP) is 4.08. The van der Waals surface area contributed by atoms with Gasteiger partial charge in [-0.3, -0.25) is 0 Å². The molecule has 4 heteroatoms. The first kappa shape index (κ1) is 13.5. The summed E-state index contributed by atoms with van der Waals surface area (Å²) < 4.78 is 6.93. The number of thiophene rings is 1. The second-order valence-corrected chi connectivity index (χ2v) is 6.91. The lowest BCUT2D eigenvalue weighted by atomic mass is 9.93. The molecule has 0 radical (unpaired) electrons. The van der Waals surface area contributed by atoms with E-state index in [9.17, 15) is 0 Å². The van der Waals surface area contributed by atoms with E-state index in [4.69, 9.17) is 10.5 Å². The summed E-state index contributed by atoms with van der Waals surface area (Å²) in [6.07, 6.45) is 7.39. The van der Waals surface area contributed by atoms with Crippen molar-refractivity contribution in [2.45, 2.75) is 50.7 Å². The Morgan fingerprint density at radius 1 is 1.29 bits per heavy atom. The van der Waals surface area contributed by atoms with Crippen LogP contribution in [0.1, 0.15) is 43.4 Å². The fraction of sp³-hybridized carbons (Fsp3) is 0.692. The molecule has 17 heavy (non-hydrogen) atoms. The topological polar surface area (TPSA) is 35.2 Å². The van der Waals surface area contributed by atoms with Gasteiger partial charge < -0.3 is 10.5 Å². The van der Waals surface area contributed by atoms with E-state index in [0.717, 1.165) is 17.3 Å². The zero-order valence-corrected chi connectivity index (χ0v) is 12.5. The Morgan fingerprint density at radius 3 is 2.59 bits per heavy atom. The summed E-state index contributed by atoms with van der Waals surface area (Å²) in [6, 6.07) is 2.11. The van der Waals surface area contributed by atoms with Gasteiger partial charge in [-0.2, -0.15) is 0 Å². The third kappa shape index (κ3) is 4.36. The molecule has 1 heterocycles. The van der Waals surface area contributed by atoms with Gasteiger partial charge in [-0.25, -0.2) is 0 Å². The van der Waals surface area contributed by atoms with Gasteiger partial charge in [0.25, 0.3) is 0 Å². The van der Waals surface area contributed by atoms with Crippen LogP contribution in [0.15, 0.2) is 15.9 Å². The van der Waals surface area contributed by atoms with Gasteiger partial charge in [-0.1, -0.05) is 25.7 Å². The molecule has 0 aromatic carbocycles. The summed E-state index contributed by atoms with van der Waals surface area (Å²) in [5.41, 5.74) is 6.32. The van der Waals surface area contributed by atoms with E-state index < -0.39 is 0 Å². The molecule has 0 aliphatic heterocycles. The quantitative estimate of drug-likeness (QED) is 0.849. The van der Waals surface area contributed by atoms with Gasteiger partial charge >= 0.3 is 0 Å². The van der Waals surface area contributed by atoms with Crippen molar-refractivity contribution in [2.75, 3.05) is 6.61 Å². The van der Waals surface area contributed by atoms with Crippen LogP contribution < -0.4 is 5.73 Å². The molecule has 1 saturated carbocycles. The van der Waals surface area contributed by atoms with Crippen molar-refractivity contribution in [1.29, 1.82) is 0 Å². The average molecular weight is 318 g/mol. The van der Waals surface area contributed by atoms with Crippen LogP contribution in [0, 0.1) is 0 Å². The van der Waals surface area contributed by atoms with Crippen molar-refractivity contribution in [3.8, 4) is 0 Å². The highest BCUT2D eigenvalue weighted by Crippen LogP contribution is 2.26. The molecular weight excluding hydrogens is 298 g/mol. The van der Waals surface area contributed by atoms with E-state index in [-0.39, 0.29) is 5.54 Å². The number of ether oxygens (including phenoxy) is 1. The van der Waals surface area contributed by atoms with Crippen molar-refractivity contribution in [1.82, 2.24) is 0 Å². The Balaban J connectivity index is 1.76. The Morgan fingerprint density at radius 2 is 2.00 bits per heavy atom. The molecule has 2 rings (SSSR count). The first-order valence-electron chi connectivity index (χ1n) is 6.28. The monoisotopic (exact) mass is 317 g/mol. The average Bonchev–Trinajstić information content (AvgIpc) is 2.58. The molecule has 0 unspecified atom stereocenters. The zero-order valence-electron chi connectivity index (χ0n) is 10.1. The molecule has 1 aliphatic rings. The van der Waals surface area contributed by atoms with E-state index in [1.54, 1.807) is 11.3 Å². The summed E-state index contributed by atoms with van der Waals surface area (Å²) in [7, 11) is 0. The Bertz CT molecular complexity index is 345. The number of rotatable bonds is 4. The summed E-state index contributed by atoms with van der Waals surface area (Å²) in [5, 5.41) is 2.09. The minimum Gasteiger partial charge on any atom is -0.374 e. The molecule has 2 N–H and O–H groups in total. The van der Waals surface area contributed by atoms with Crippen molar-refractivity contribution in [3.05, 3.63) is 20.8 Å². The standard InChI is InChI=1S/C13H20BrNOS/c14-11-7-12(17-9-11)8-16-10-13(15)5-3-1-2-4-6-13/h7,9H,1-6,8,10,15H2. The minimum absolute atomic E-state index is 0.0784. The molecule has 1 fully saturated rings. The fourth-order valence-corrected chi connectivity index (χ4v) is 3.75. The maximum Gasteiger partial charge on any atom is 0.0810 e. The minimum atomic E-state index is -0.0784. The Labute approximate surface area is 116 Å². The molecule has 1 aliphatic carbocycles. The lowest BCUT2D eigenvalue weighted by molar-refractivity contribution is 0.0682. The lowest BCUT2D eigenvalue weighted by Gasteiger charge is -2.27. The number of nitrogens with two attached hydrogens (primary N) is 1. The lowest BCUT2D eigenvalue weighted by Crippen LogP contribution is -2.43. The molecule has 0 spiro atoms. The fourth-order valence-electron chi connectivity index (χ4n) is 2.36. The first-order valence-corrected chi connectivity index (χ1v) is 7.95. The van der Waals surface area contributed by atoms with E-state index in [1.807, 2.05) is 0 Å². The third-order valence-electron chi connectivity index (χ3n) is 3.35. The molecular formula is C13H20BrNOS. The molecule has 0 amide bonds. The third-order valence-corrected chi connectivity index (χ3v) is 5.03. The predicted molar refractivity (Wildman–Crippen MR) is 76.3 cm³/mol. The van der Waals surface area contributed by atoms with Crippen molar-refractivity contribution < 1.29 is 4.74 Å². The Kier molecular flexibility index (Phi) is 5.03. The summed E-state index contributed by atoms with van der Waals surface area (Å²) in [6.45, 7) is 1.39. The molecule has 1 aromatic heterocycles. The van der Waals surface area contributed by atoms with Gasteiger partial charge in [0.05, 0.1) is 13.2 Å². The summed E-state index contributed by atoms with van der Waals surface area (Å²) in [5.74, 6) is 0. The number of hydrogen-bond acceptors (Lipinski definition) is 3. The van der Waals surface area contributed by atoms with Gasteiger partial charge in [0, 0.05) is 20.3 Å². The molecule has 0 atom stereocenters. The van der Waals surface area contributed by atoms with Crippen LogP contribution in [0.3, 0.4) is 0 Å². The second kappa shape index (κ2) is 6.32. The highest BCUT2D eigenvalue weighted by atomic mass is 79.9. The van der Waals surface area contributed by atoms with Crippen molar-refractivity contribution in [3.63, 3.8) is 0 Å². The molecule has 0 saturated heterocycles. The van der Waals surface area contributed by atoms with Gasteiger partial charge in [0.15, 0.2) is 0 Å². The van der Waals surface area contributed by atoms with Crippen LogP contribution >= 0.6 is 27.3 Å². The Hall–Kier alpha value is 0.1000. The molecule has 96 valence electrons. The summed E-state index contributed by atoms with van der Waals surface area (Å²) in [4.78, 5) is 1.26. The van der Waals surface area contributed by atoms with Gasteiger partial charge in [0.2, 0.25) is 0 Å². The highest BCUT2D eigenvalue weighted by Gasteiger charge is 2.26. The van der Waals surface area contributed by atoms with Crippen molar-refractivity contribution in [2.24, 2.45) is 5.73 Å². The van der Waals surface area contributed by atoms with Gasteiger partial charge in [-0.15, -0.1) is 11.3 Å². The van der Waals surface area contributed by atoms with E-state index in [2.05, 4.69) is 27.4 Å². The van der Waals surface area contributed by atoms with Crippen LogP contribution in [0.4, 0.5) is 0 Å². The van der Waals surface area contributed by atoms with Crippen LogP contribution in [0.2, 0.25) is 0 Å². The van der Waals surface area contributed by atoms with E-state index in [1.165, 1.54) is 30.6 Å². The van der Waals surface area contributed by atoms with E-state index >= 15 is 0 Å². The van der Waals surface area contributed by atoms with E-state index in [0.29, 0.717) is 13.2 Å². The SMILES string of the molecule is NC1(COCc2cc(Br)cs2)CCCCCC1. The smallest absolute Gasteiger partial charge is 0.0810 e. The van der Waals surface area contributed by atoms with Crippen LogP contribution in [-0.2, 0) is 11.3 Å². The molecule has 0 bridgehead atoms. The van der Waals surface area contributed by atoms with Gasteiger partial charge in [-0.05, 0) is 34.8 Å². The number of halogens is 1. The van der Waals surface area contributed by atoms with Crippen molar-refractivity contribution >= 4 is 27.3 Å². The normalized spacial score (nSPS) is 20.1. The van der Waals surface area contributed by atoms with Crippen LogP contribution in [-0.4, -0.2) is 12.1 Å². The molecule has 1 aromatic rings. The largest absolute Gasteiger partial charge is 0.374 e. The number of hydrogen-bond donors (Lipinski definition) is 1. The van der Waals surface area contributed by atoms with Crippen LogP contribution in [0.25, 0.3) is 0 Å². The maximum absolute atomic E-state index is 6.40. The summed E-state index contributed by atoms with van der Waals surface area (Å²) >= 11 is 5.18. The van der Waals surface area contributed by atoms with Crippen LogP contribution in [0.5, 0.6) is 0 Å². The second-order valence-electron chi connectivity index (χ2n) is 5.00. The maximum atomic E-state index is 6.40. The highest BCUT2D eigenvalue weighted by molar-refractivity contribution is 9.10. The zero-order chi connectivity index (χ0) is 12.1.